The lowest BCUT2D eigenvalue weighted by atomic mass is 10.0. The third-order valence-electron chi connectivity index (χ3n) is 6.17. The van der Waals surface area contributed by atoms with Crippen LogP contribution in [-0.2, 0) is 25.8 Å². The number of rotatable bonds is 13. The van der Waals surface area contributed by atoms with Crippen LogP contribution in [0.1, 0.15) is 38.7 Å². The maximum Gasteiger partial charge on any atom is 0.325 e. The van der Waals surface area contributed by atoms with Gasteiger partial charge in [-0.3, -0.25) is 19.9 Å². The molecule has 0 saturated heterocycles. The van der Waals surface area contributed by atoms with Gasteiger partial charge in [0.25, 0.3) is 0 Å². The number of carbonyl (C=O) groups is 3. The highest BCUT2D eigenvalue weighted by atomic mass is 32.2. The molecule has 2 atom stereocenters. The number of urea groups is 1. The fourth-order valence-corrected chi connectivity index (χ4v) is 6.18. The summed E-state index contributed by atoms with van der Waals surface area (Å²) in [6.07, 6.45) is 1.69. The molecule has 222 valence electrons. The quantitative estimate of drug-likeness (QED) is 0.273. The number of aliphatic imine (C=N–C) groups is 1. The first-order chi connectivity index (χ1) is 19.4. The van der Waals surface area contributed by atoms with Gasteiger partial charge in [0.2, 0.25) is 5.91 Å². The Kier molecular flexibility index (Phi) is 10.6. The van der Waals surface area contributed by atoms with Gasteiger partial charge in [0, 0.05) is 12.6 Å². The summed E-state index contributed by atoms with van der Waals surface area (Å²) in [5, 5.41) is 16.9. The number of pyridine rings is 1. The van der Waals surface area contributed by atoms with Crippen molar-refractivity contribution in [3.63, 3.8) is 0 Å². The number of nitrogens with zero attached hydrogens (tertiary/aromatic N) is 2. The van der Waals surface area contributed by atoms with E-state index >= 15 is 0 Å². The molecule has 1 aromatic carbocycles. The number of aromatic nitrogens is 1. The predicted octanol–water partition coefficient (Wildman–Crippen LogP) is 2.88. The van der Waals surface area contributed by atoms with E-state index in [9.17, 15) is 22.8 Å². The molecular formula is C27H35N5O8S. The van der Waals surface area contributed by atoms with Crippen molar-refractivity contribution in [2.75, 3.05) is 30.6 Å². The number of hydrogen-bond acceptors (Lipinski definition) is 9. The Morgan fingerprint density at radius 3 is 2.49 bits per heavy atom. The summed E-state index contributed by atoms with van der Waals surface area (Å²) in [4.78, 5) is 44.9. The number of benzene rings is 1. The van der Waals surface area contributed by atoms with Crippen LogP contribution in [0.3, 0.4) is 0 Å². The minimum absolute atomic E-state index is 0.0546. The number of nitrogens with one attached hydrogen (secondary N) is 3. The molecule has 2 aromatic rings. The molecule has 14 heteroatoms. The van der Waals surface area contributed by atoms with E-state index in [-0.39, 0.29) is 41.8 Å². The van der Waals surface area contributed by atoms with Crippen molar-refractivity contribution < 1.29 is 37.4 Å². The second kappa shape index (κ2) is 13.9. The molecule has 13 nitrogen and oxygen atoms in total. The number of hydrogen-bond donors (Lipinski definition) is 4. The number of carbonyl (C=O) groups excluding carboxylic acids is 2. The van der Waals surface area contributed by atoms with Crippen LogP contribution in [0.4, 0.5) is 16.3 Å². The topological polar surface area (TPSA) is 185 Å². The smallest absolute Gasteiger partial charge is 0.325 e. The zero-order valence-electron chi connectivity index (χ0n) is 23.3. The number of carboxylic acids is 1. The molecule has 3 rings (SSSR count). The van der Waals surface area contributed by atoms with Crippen LogP contribution >= 0.6 is 0 Å². The van der Waals surface area contributed by atoms with Crippen molar-refractivity contribution in [2.24, 2.45) is 10.9 Å². The van der Waals surface area contributed by atoms with Crippen molar-refractivity contribution in [1.82, 2.24) is 10.3 Å². The van der Waals surface area contributed by atoms with E-state index in [1.165, 1.54) is 20.4 Å². The summed E-state index contributed by atoms with van der Waals surface area (Å²) >= 11 is 0. The second-order valence-corrected chi connectivity index (χ2v) is 11.9. The normalized spacial score (nSPS) is 16.4. The van der Waals surface area contributed by atoms with E-state index in [1.54, 1.807) is 30.3 Å². The Bertz CT molecular complexity index is 1410. The van der Waals surface area contributed by atoms with Gasteiger partial charge < -0.3 is 25.2 Å². The van der Waals surface area contributed by atoms with E-state index in [1.807, 2.05) is 13.8 Å². The number of carboxylic acid groups (broad SMARTS) is 1. The first kappa shape index (κ1) is 31.3. The molecule has 3 amide bonds. The monoisotopic (exact) mass is 589 g/mol. The van der Waals surface area contributed by atoms with Gasteiger partial charge in [-0.15, -0.1) is 0 Å². The Morgan fingerprint density at radius 2 is 1.83 bits per heavy atom. The molecule has 0 bridgehead atoms. The SMILES string of the molecule is COc1cc(CC(=O)NC(CC(C)C)C2=NC(CCC(=O)O)CS2(=O)=O)ccc1NC(=O)Nc1ncccc1OC. The Balaban J connectivity index is 1.70. The maximum absolute atomic E-state index is 13.0. The summed E-state index contributed by atoms with van der Waals surface area (Å²) in [6, 6.07) is 6.08. The number of aliphatic carboxylic acids is 1. The Hall–Kier alpha value is -4.20. The fourth-order valence-electron chi connectivity index (χ4n) is 4.36. The lowest BCUT2D eigenvalue weighted by Gasteiger charge is -2.20. The number of ether oxygens (including phenoxy) is 2. The van der Waals surface area contributed by atoms with Gasteiger partial charge in [0.15, 0.2) is 21.4 Å². The predicted molar refractivity (Wildman–Crippen MR) is 153 cm³/mol. The molecule has 0 radical (unpaired) electrons. The zero-order chi connectivity index (χ0) is 30.2. The summed E-state index contributed by atoms with van der Waals surface area (Å²) in [5.41, 5.74) is 0.913. The third kappa shape index (κ3) is 8.90. The molecular weight excluding hydrogens is 554 g/mol. The Morgan fingerprint density at radius 1 is 1.10 bits per heavy atom. The van der Waals surface area contributed by atoms with E-state index < -0.39 is 39.8 Å². The van der Waals surface area contributed by atoms with Crippen molar-refractivity contribution in [3.8, 4) is 11.5 Å². The molecule has 2 unspecified atom stereocenters. The molecule has 4 N–H and O–H groups in total. The van der Waals surface area contributed by atoms with Crippen LogP contribution in [0.25, 0.3) is 0 Å². The van der Waals surface area contributed by atoms with Gasteiger partial charge in [-0.2, -0.15) is 0 Å². The standard InChI is InChI=1S/C27H35N5O8S/c1-16(2)12-20(26-29-18(8-10-24(34)35)15-41(26,37)38)30-23(33)14-17-7-9-19(22(13-17)40-4)31-27(36)32-25-21(39-3)6-5-11-28-25/h5-7,9,11,13,16,18,20H,8,10,12,14-15H2,1-4H3,(H,30,33)(H,34,35)(H2,28,31,32,36). The highest BCUT2D eigenvalue weighted by Crippen LogP contribution is 2.27. The van der Waals surface area contributed by atoms with Crippen LogP contribution in [0.2, 0.25) is 0 Å². The minimum atomic E-state index is -3.74. The molecule has 0 spiro atoms. The molecule has 2 heterocycles. The summed E-state index contributed by atoms with van der Waals surface area (Å²) in [6.45, 7) is 3.81. The molecule has 0 fully saturated rings. The number of anilines is 2. The average molecular weight is 590 g/mol. The Labute approximate surface area is 238 Å². The molecule has 1 aromatic heterocycles. The first-order valence-corrected chi connectivity index (χ1v) is 14.6. The van der Waals surface area contributed by atoms with Crippen molar-refractivity contribution in [3.05, 3.63) is 42.1 Å². The van der Waals surface area contributed by atoms with Crippen molar-refractivity contribution >= 4 is 44.3 Å². The van der Waals surface area contributed by atoms with Crippen LogP contribution in [0.15, 0.2) is 41.5 Å². The lowest BCUT2D eigenvalue weighted by Crippen LogP contribution is -2.44. The van der Waals surface area contributed by atoms with Crippen LogP contribution in [-0.4, -0.2) is 73.5 Å². The largest absolute Gasteiger partial charge is 0.495 e. The maximum atomic E-state index is 13.0. The van der Waals surface area contributed by atoms with Gasteiger partial charge in [-0.25, -0.2) is 18.2 Å². The van der Waals surface area contributed by atoms with Gasteiger partial charge >= 0.3 is 12.0 Å². The van der Waals surface area contributed by atoms with Crippen molar-refractivity contribution in [1.29, 1.82) is 0 Å². The van der Waals surface area contributed by atoms with Gasteiger partial charge in [-0.1, -0.05) is 19.9 Å². The second-order valence-electron chi connectivity index (χ2n) is 9.93. The highest BCUT2D eigenvalue weighted by Gasteiger charge is 2.38. The van der Waals surface area contributed by atoms with E-state index in [0.29, 0.717) is 29.2 Å². The van der Waals surface area contributed by atoms with Crippen LogP contribution < -0.4 is 25.4 Å². The van der Waals surface area contributed by atoms with E-state index in [2.05, 4.69) is 25.9 Å². The van der Waals surface area contributed by atoms with Gasteiger partial charge in [-0.05, 0) is 48.6 Å². The summed E-state index contributed by atoms with van der Waals surface area (Å²) in [7, 11) is -0.855. The third-order valence-corrected chi connectivity index (χ3v) is 8.02. The number of sulfone groups is 1. The van der Waals surface area contributed by atoms with Gasteiger partial charge in [0.05, 0.1) is 44.2 Å². The fraction of sp³-hybridized carbons (Fsp3) is 0.444. The minimum Gasteiger partial charge on any atom is -0.495 e. The summed E-state index contributed by atoms with van der Waals surface area (Å²) < 4.78 is 36.3. The summed E-state index contributed by atoms with van der Waals surface area (Å²) in [5.74, 6) is -0.738. The molecule has 41 heavy (non-hydrogen) atoms. The molecule has 1 aliphatic heterocycles. The van der Waals surface area contributed by atoms with Crippen LogP contribution in [0, 0.1) is 5.92 Å². The molecule has 0 aliphatic carbocycles. The van der Waals surface area contributed by atoms with Crippen molar-refractivity contribution in [2.45, 2.75) is 51.6 Å². The molecule has 0 saturated carbocycles. The lowest BCUT2D eigenvalue weighted by molar-refractivity contribution is -0.137. The van der Waals surface area contributed by atoms with Gasteiger partial charge in [0.1, 0.15) is 10.8 Å². The van der Waals surface area contributed by atoms with Crippen LogP contribution in [0.5, 0.6) is 11.5 Å². The van der Waals surface area contributed by atoms with E-state index in [4.69, 9.17) is 14.6 Å². The number of methoxy groups -OCH3 is 2. The molecule has 1 aliphatic rings. The zero-order valence-corrected chi connectivity index (χ0v) is 24.2. The highest BCUT2D eigenvalue weighted by molar-refractivity contribution is 8.06. The van der Waals surface area contributed by atoms with E-state index in [0.717, 1.165) is 0 Å². The average Bonchev–Trinajstić information content (AvgIpc) is 3.21. The first-order valence-electron chi connectivity index (χ1n) is 13.0. The number of amides is 3.